The average Bonchev–Trinajstić information content (AvgIpc) is 3.56. The highest BCUT2D eigenvalue weighted by Crippen LogP contribution is 2.37. The Labute approximate surface area is 284 Å². The number of rotatable bonds is 11. The molecular formula is C28H48O22. The summed E-state index contributed by atoms with van der Waals surface area (Å²) in [6.07, 6.45) is -37.0. The lowest BCUT2D eigenvalue weighted by Crippen LogP contribution is -2.61. The second kappa shape index (κ2) is 16.6. The van der Waals surface area contributed by atoms with Crippen molar-refractivity contribution >= 4 is 0 Å². The molecule has 22 heteroatoms. The van der Waals surface area contributed by atoms with E-state index in [1.165, 1.54) is 13.8 Å². The fraction of sp³-hybridized carbons (Fsp3) is 1.00. The quantitative estimate of drug-likeness (QED) is 0.0936. The summed E-state index contributed by atoms with van der Waals surface area (Å²) in [5.41, 5.74) is 0. The maximum atomic E-state index is 10.8. The van der Waals surface area contributed by atoms with Gasteiger partial charge >= 0.3 is 0 Å². The van der Waals surface area contributed by atoms with E-state index in [-0.39, 0.29) is 0 Å². The van der Waals surface area contributed by atoms with E-state index < -0.39 is 161 Å². The largest absolute Gasteiger partial charge is 0.394 e. The fourth-order valence-corrected chi connectivity index (χ4v) is 6.31. The topological polar surface area (TPSA) is 346 Å². The number of aliphatic hydroxyl groups excluding tert-OH is 13. The highest BCUT2D eigenvalue weighted by atomic mass is 16.8. The maximum absolute atomic E-state index is 10.8. The highest BCUT2D eigenvalue weighted by Gasteiger charge is 2.57. The van der Waals surface area contributed by atoms with Crippen molar-refractivity contribution in [2.24, 2.45) is 0 Å². The van der Waals surface area contributed by atoms with Crippen molar-refractivity contribution in [2.75, 3.05) is 19.8 Å². The first-order valence-electron chi connectivity index (χ1n) is 16.1. The summed E-state index contributed by atoms with van der Waals surface area (Å²) in [5, 5.41) is 134. The van der Waals surface area contributed by atoms with Crippen LogP contribution < -0.4 is 0 Å². The SMILES string of the molecule is C[C@H]1OC(O[C@@H]2[C@@H](COC3O[C@H](CO)[C@H](O)[C@H](O)[C@H]3O)OC(OC3O[C@H](CO)[C@@H](O)[C@H]3O)[C@@H]2OC2O[C@H](C)[C@H](O)[C@H](O)[C@H]2O)[C@H](O)[C@@H](O)[C@H]1O. The van der Waals surface area contributed by atoms with Crippen LogP contribution in [-0.2, 0) is 42.6 Å². The van der Waals surface area contributed by atoms with Crippen LogP contribution in [0.2, 0.25) is 0 Å². The number of ether oxygens (including phenoxy) is 9. The Balaban J connectivity index is 1.45. The van der Waals surface area contributed by atoms with Crippen LogP contribution in [0, 0.1) is 0 Å². The molecule has 0 bridgehead atoms. The minimum absolute atomic E-state index is 0.654. The van der Waals surface area contributed by atoms with Crippen LogP contribution >= 0.6 is 0 Å². The van der Waals surface area contributed by atoms with E-state index in [2.05, 4.69) is 0 Å². The fourth-order valence-electron chi connectivity index (χ4n) is 6.31. The molecule has 0 spiro atoms. The van der Waals surface area contributed by atoms with E-state index >= 15 is 0 Å². The molecular weight excluding hydrogens is 688 g/mol. The highest BCUT2D eigenvalue weighted by molar-refractivity contribution is 4.97. The number of hydrogen-bond donors (Lipinski definition) is 13. The van der Waals surface area contributed by atoms with E-state index in [9.17, 15) is 66.4 Å². The van der Waals surface area contributed by atoms with Crippen LogP contribution in [0.3, 0.4) is 0 Å². The Morgan fingerprint density at radius 1 is 0.380 bits per heavy atom. The molecule has 0 amide bonds. The number of hydrogen-bond acceptors (Lipinski definition) is 22. The molecule has 0 saturated carbocycles. The molecule has 292 valence electrons. The van der Waals surface area contributed by atoms with E-state index in [1.807, 2.05) is 0 Å². The molecule has 5 fully saturated rings. The van der Waals surface area contributed by atoms with Crippen molar-refractivity contribution in [1.29, 1.82) is 0 Å². The zero-order chi connectivity index (χ0) is 36.8. The van der Waals surface area contributed by atoms with Gasteiger partial charge in [-0.15, -0.1) is 0 Å². The van der Waals surface area contributed by atoms with E-state index in [0.717, 1.165) is 0 Å². The molecule has 5 saturated heterocycles. The van der Waals surface area contributed by atoms with Crippen molar-refractivity contribution in [2.45, 2.75) is 155 Å². The van der Waals surface area contributed by atoms with Crippen molar-refractivity contribution in [3.8, 4) is 0 Å². The van der Waals surface area contributed by atoms with Gasteiger partial charge in [-0.2, -0.15) is 0 Å². The van der Waals surface area contributed by atoms with E-state index in [1.54, 1.807) is 0 Å². The van der Waals surface area contributed by atoms with E-state index in [0.29, 0.717) is 0 Å². The predicted octanol–water partition coefficient (Wildman–Crippen LogP) is -8.59. The number of aliphatic hydroxyl groups is 13. The van der Waals surface area contributed by atoms with Gasteiger partial charge in [-0.1, -0.05) is 0 Å². The summed E-state index contributed by atoms with van der Waals surface area (Å²) >= 11 is 0. The molecule has 22 nitrogen and oxygen atoms in total. The second-order valence-electron chi connectivity index (χ2n) is 13.0. The van der Waals surface area contributed by atoms with Crippen LogP contribution in [0.5, 0.6) is 0 Å². The van der Waals surface area contributed by atoms with Gasteiger partial charge in [0, 0.05) is 0 Å². The first kappa shape index (κ1) is 40.3. The van der Waals surface area contributed by atoms with Crippen molar-refractivity contribution in [3.05, 3.63) is 0 Å². The summed E-state index contributed by atoms with van der Waals surface area (Å²) in [5.74, 6) is 0. The average molecular weight is 737 g/mol. The second-order valence-corrected chi connectivity index (χ2v) is 13.0. The van der Waals surface area contributed by atoms with Crippen LogP contribution in [0.1, 0.15) is 13.8 Å². The lowest BCUT2D eigenvalue weighted by molar-refractivity contribution is -0.345. The Bertz CT molecular complexity index is 1070. The molecule has 0 aromatic heterocycles. The third kappa shape index (κ3) is 7.97. The standard InChI is InChI=1S/C28H48O22/c1-6-11(31)15(35)20(40)25(43-6)48-22-10(5-42-24-19(39)17(37)13(33)8(3-29)45-24)47-28(50-27-18(38)14(34)9(4-30)46-27)23(22)49-26-21(41)16(36)12(32)7(2)44-26/h6-41H,3-5H2,1-2H3/t6-,7-,8-,9-,10-,11+,12+,13+,14-,15+,16+,17+,18-,19-,20-,21-,22-,23-,24?,25?,26?,27?,28?/m1/s1. The van der Waals surface area contributed by atoms with Crippen molar-refractivity contribution in [1.82, 2.24) is 0 Å². The third-order valence-electron chi connectivity index (χ3n) is 9.51. The Morgan fingerprint density at radius 2 is 0.760 bits per heavy atom. The van der Waals surface area contributed by atoms with Gasteiger partial charge in [-0.25, -0.2) is 0 Å². The molecule has 0 radical (unpaired) electrons. The van der Waals surface area contributed by atoms with Gasteiger partial charge in [-0.3, -0.25) is 0 Å². The molecule has 0 aromatic rings. The molecule has 0 aromatic carbocycles. The summed E-state index contributed by atoms with van der Waals surface area (Å²) in [7, 11) is 0. The molecule has 5 aliphatic rings. The molecule has 13 N–H and O–H groups in total. The molecule has 5 heterocycles. The first-order chi connectivity index (χ1) is 23.6. The third-order valence-corrected chi connectivity index (χ3v) is 9.51. The smallest absolute Gasteiger partial charge is 0.190 e. The molecule has 50 heavy (non-hydrogen) atoms. The van der Waals surface area contributed by atoms with Gasteiger partial charge in [0.15, 0.2) is 31.5 Å². The summed E-state index contributed by atoms with van der Waals surface area (Å²) in [6.45, 7) is 0.619. The lowest BCUT2D eigenvalue weighted by atomic mass is 9.99. The molecule has 5 rings (SSSR count). The molecule has 23 atom stereocenters. The zero-order valence-electron chi connectivity index (χ0n) is 26.9. The van der Waals surface area contributed by atoms with Gasteiger partial charge in [0.25, 0.3) is 0 Å². The lowest BCUT2D eigenvalue weighted by Gasteiger charge is -2.43. The first-order valence-corrected chi connectivity index (χ1v) is 16.1. The minimum atomic E-state index is -1.88. The Kier molecular flexibility index (Phi) is 13.4. The van der Waals surface area contributed by atoms with Gasteiger partial charge in [0.2, 0.25) is 0 Å². The van der Waals surface area contributed by atoms with Gasteiger partial charge in [-0.05, 0) is 13.8 Å². The molecule has 5 aliphatic heterocycles. The molecule has 0 aliphatic carbocycles. The van der Waals surface area contributed by atoms with Crippen molar-refractivity contribution in [3.63, 3.8) is 0 Å². The monoisotopic (exact) mass is 736 g/mol. The Hall–Kier alpha value is -0.880. The summed E-state index contributed by atoms with van der Waals surface area (Å²) in [4.78, 5) is 0. The zero-order valence-corrected chi connectivity index (χ0v) is 26.9. The Morgan fingerprint density at radius 3 is 1.28 bits per heavy atom. The normalized spacial score (nSPS) is 54.7. The van der Waals surface area contributed by atoms with Gasteiger partial charge in [0.1, 0.15) is 97.7 Å². The van der Waals surface area contributed by atoms with Crippen molar-refractivity contribution < 1.29 is 109 Å². The maximum Gasteiger partial charge on any atom is 0.190 e. The van der Waals surface area contributed by atoms with Gasteiger partial charge < -0.3 is 109 Å². The van der Waals surface area contributed by atoms with Crippen LogP contribution in [-0.4, -0.2) is 228 Å². The summed E-state index contributed by atoms with van der Waals surface area (Å²) < 4.78 is 51.5. The van der Waals surface area contributed by atoms with Crippen LogP contribution in [0.15, 0.2) is 0 Å². The van der Waals surface area contributed by atoms with Crippen LogP contribution in [0.25, 0.3) is 0 Å². The van der Waals surface area contributed by atoms with E-state index in [4.69, 9.17) is 42.6 Å². The summed E-state index contributed by atoms with van der Waals surface area (Å²) in [6, 6.07) is 0. The minimum Gasteiger partial charge on any atom is -0.394 e. The molecule has 5 unspecified atom stereocenters. The predicted molar refractivity (Wildman–Crippen MR) is 152 cm³/mol. The van der Waals surface area contributed by atoms with Crippen LogP contribution in [0.4, 0.5) is 0 Å². The van der Waals surface area contributed by atoms with Gasteiger partial charge in [0.05, 0.1) is 32.0 Å².